The summed E-state index contributed by atoms with van der Waals surface area (Å²) in [4.78, 5) is 5.70. The molecule has 0 saturated carbocycles. The van der Waals surface area contributed by atoms with Gasteiger partial charge < -0.3 is 9.88 Å². The Bertz CT molecular complexity index is 673. The Morgan fingerprint density at radius 2 is 2.05 bits per heavy atom. The Morgan fingerprint density at radius 1 is 1.25 bits per heavy atom. The van der Waals surface area contributed by atoms with E-state index in [2.05, 4.69) is 27.8 Å². The van der Waals surface area contributed by atoms with Gasteiger partial charge in [-0.3, -0.25) is 0 Å². The van der Waals surface area contributed by atoms with Gasteiger partial charge in [-0.1, -0.05) is 17.7 Å². The van der Waals surface area contributed by atoms with Gasteiger partial charge in [0.15, 0.2) is 0 Å². The second kappa shape index (κ2) is 5.69. The van der Waals surface area contributed by atoms with Crippen LogP contribution in [-0.4, -0.2) is 9.55 Å². The lowest BCUT2D eigenvalue weighted by atomic mass is 10.2. The number of anilines is 1. The van der Waals surface area contributed by atoms with E-state index < -0.39 is 0 Å². The van der Waals surface area contributed by atoms with E-state index >= 15 is 0 Å². The zero-order valence-corrected chi connectivity index (χ0v) is 12.5. The zero-order chi connectivity index (χ0) is 13.9. The summed E-state index contributed by atoms with van der Waals surface area (Å²) in [6.07, 6.45) is 3.78. The average Bonchev–Trinajstić information content (AvgIpc) is 3.10. The molecule has 2 heterocycles. The molecule has 5 heteroatoms. The van der Waals surface area contributed by atoms with Gasteiger partial charge in [-0.2, -0.15) is 0 Å². The molecule has 1 unspecified atom stereocenters. The monoisotopic (exact) mass is 303 g/mol. The molecule has 1 atom stereocenters. The van der Waals surface area contributed by atoms with Crippen molar-refractivity contribution < 1.29 is 0 Å². The fourth-order valence-electron chi connectivity index (χ4n) is 2.09. The summed E-state index contributed by atoms with van der Waals surface area (Å²) in [5.74, 6) is 0.988. The van der Waals surface area contributed by atoms with Gasteiger partial charge in [-0.25, -0.2) is 4.98 Å². The van der Waals surface area contributed by atoms with Crippen molar-refractivity contribution in [2.24, 2.45) is 7.05 Å². The maximum Gasteiger partial charge on any atom is 0.136 e. The molecule has 0 saturated heterocycles. The van der Waals surface area contributed by atoms with Crippen molar-refractivity contribution in [2.75, 3.05) is 5.32 Å². The molecule has 0 aliphatic heterocycles. The number of benzene rings is 1. The van der Waals surface area contributed by atoms with Crippen molar-refractivity contribution in [3.63, 3.8) is 0 Å². The Morgan fingerprint density at radius 3 is 2.65 bits per heavy atom. The van der Waals surface area contributed by atoms with E-state index in [1.807, 2.05) is 48.3 Å². The summed E-state index contributed by atoms with van der Waals surface area (Å²) in [5.41, 5.74) is 1.02. The molecule has 0 aliphatic rings. The molecule has 2 aromatic heterocycles. The number of halogens is 1. The van der Waals surface area contributed by atoms with Crippen LogP contribution in [0.2, 0.25) is 5.02 Å². The first-order valence-corrected chi connectivity index (χ1v) is 7.52. The molecule has 3 aromatic rings. The van der Waals surface area contributed by atoms with Crippen molar-refractivity contribution in [1.82, 2.24) is 9.55 Å². The first kappa shape index (κ1) is 13.2. The van der Waals surface area contributed by atoms with Gasteiger partial charge in [0.2, 0.25) is 0 Å². The van der Waals surface area contributed by atoms with Crippen LogP contribution in [-0.2, 0) is 7.05 Å². The fraction of sp³-hybridized carbons (Fsp3) is 0.133. The molecule has 3 rings (SSSR count). The van der Waals surface area contributed by atoms with Gasteiger partial charge in [0.05, 0.1) is 0 Å². The molecule has 1 N–H and O–H groups in total. The number of nitrogens with zero attached hydrogens (tertiary/aromatic N) is 2. The summed E-state index contributed by atoms with van der Waals surface area (Å²) in [6.45, 7) is 0. The van der Waals surface area contributed by atoms with Gasteiger partial charge in [-0.15, -0.1) is 11.3 Å². The normalized spacial score (nSPS) is 12.3. The van der Waals surface area contributed by atoms with Crippen LogP contribution < -0.4 is 5.32 Å². The Kier molecular flexibility index (Phi) is 3.76. The van der Waals surface area contributed by atoms with Crippen molar-refractivity contribution >= 4 is 28.6 Å². The lowest BCUT2D eigenvalue weighted by Gasteiger charge is -2.18. The molecule has 0 radical (unpaired) electrons. The summed E-state index contributed by atoms with van der Waals surface area (Å²) in [6, 6.07) is 11.9. The quantitative estimate of drug-likeness (QED) is 0.777. The van der Waals surface area contributed by atoms with Crippen LogP contribution in [0, 0.1) is 0 Å². The summed E-state index contributed by atoms with van der Waals surface area (Å²) < 4.78 is 2.04. The molecule has 0 amide bonds. The number of imidazole rings is 1. The lowest BCUT2D eigenvalue weighted by Crippen LogP contribution is -2.15. The Balaban J connectivity index is 1.94. The summed E-state index contributed by atoms with van der Waals surface area (Å²) in [5, 5.41) is 6.33. The van der Waals surface area contributed by atoms with Gasteiger partial charge >= 0.3 is 0 Å². The first-order chi connectivity index (χ1) is 9.74. The molecule has 1 aromatic carbocycles. The highest BCUT2D eigenvalue weighted by Crippen LogP contribution is 2.29. The molecule has 0 fully saturated rings. The highest BCUT2D eigenvalue weighted by Gasteiger charge is 2.19. The number of hydrogen-bond donors (Lipinski definition) is 1. The number of thiophene rings is 1. The van der Waals surface area contributed by atoms with Crippen LogP contribution in [0.3, 0.4) is 0 Å². The van der Waals surface area contributed by atoms with E-state index in [4.69, 9.17) is 11.6 Å². The number of hydrogen-bond acceptors (Lipinski definition) is 3. The van der Waals surface area contributed by atoms with Crippen LogP contribution in [0.25, 0.3) is 0 Å². The van der Waals surface area contributed by atoms with Gasteiger partial charge in [0, 0.05) is 35.0 Å². The van der Waals surface area contributed by atoms with Crippen LogP contribution in [0.15, 0.2) is 54.2 Å². The van der Waals surface area contributed by atoms with Crippen LogP contribution in [0.1, 0.15) is 16.7 Å². The molecule has 0 spiro atoms. The molecule has 20 heavy (non-hydrogen) atoms. The van der Waals surface area contributed by atoms with Crippen LogP contribution in [0.5, 0.6) is 0 Å². The minimum absolute atomic E-state index is 0.0381. The van der Waals surface area contributed by atoms with E-state index in [0.29, 0.717) is 0 Å². The minimum atomic E-state index is 0.0381. The smallest absolute Gasteiger partial charge is 0.136 e. The molecule has 3 nitrogen and oxygen atoms in total. The van der Waals surface area contributed by atoms with Crippen LogP contribution in [0.4, 0.5) is 5.69 Å². The number of rotatable bonds is 4. The molecule has 0 aliphatic carbocycles. The Hall–Kier alpha value is -1.78. The largest absolute Gasteiger partial charge is 0.371 e. The van der Waals surface area contributed by atoms with E-state index in [1.54, 1.807) is 11.3 Å². The van der Waals surface area contributed by atoms with Gasteiger partial charge in [-0.05, 0) is 35.7 Å². The van der Waals surface area contributed by atoms with E-state index in [1.165, 1.54) is 4.88 Å². The van der Waals surface area contributed by atoms with E-state index in [9.17, 15) is 0 Å². The second-order valence-corrected chi connectivity index (χ2v) is 5.91. The molecular formula is C15H14ClN3S. The van der Waals surface area contributed by atoms with Crippen LogP contribution >= 0.6 is 22.9 Å². The Labute approximate surface area is 126 Å². The maximum absolute atomic E-state index is 5.93. The maximum atomic E-state index is 5.93. The third kappa shape index (κ3) is 2.71. The highest BCUT2D eigenvalue weighted by molar-refractivity contribution is 7.10. The minimum Gasteiger partial charge on any atom is -0.371 e. The number of aryl methyl sites for hydroxylation is 1. The van der Waals surface area contributed by atoms with E-state index in [-0.39, 0.29) is 6.04 Å². The first-order valence-electron chi connectivity index (χ1n) is 6.27. The van der Waals surface area contributed by atoms with Crippen molar-refractivity contribution in [2.45, 2.75) is 6.04 Å². The SMILES string of the molecule is Cn1ccnc1C(Nc1ccc(Cl)cc1)c1cccs1. The average molecular weight is 304 g/mol. The molecular weight excluding hydrogens is 290 g/mol. The number of nitrogens with one attached hydrogen (secondary N) is 1. The van der Waals surface area contributed by atoms with Crippen molar-refractivity contribution in [1.29, 1.82) is 0 Å². The molecule has 102 valence electrons. The van der Waals surface area contributed by atoms with Gasteiger partial charge in [0.1, 0.15) is 11.9 Å². The lowest BCUT2D eigenvalue weighted by molar-refractivity contribution is 0.756. The topological polar surface area (TPSA) is 29.9 Å². The van der Waals surface area contributed by atoms with Crippen molar-refractivity contribution in [3.05, 3.63) is 69.9 Å². The third-order valence-corrected chi connectivity index (χ3v) is 4.29. The fourth-order valence-corrected chi connectivity index (χ4v) is 2.98. The van der Waals surface area contributed by atoms with E-state index in [0.717, 1.165) is 16.5 Å². The van der Waals surface area contributed by atoms with Crippen molar-refractivity contribution in [3.8, 4) is 0 Å². The highest BCUT2D eigenvalue weighted by atomic mass is 35.5. The predicted molar refractivity (Wildman–Crippen MR) is 84.4 cm³/mol. The number of aromatic nitrogens is 2. The third-order valence-electron chi connectivity index (χ3n) is 3.10. The zero-order valence-electron chi connectivity index (χ0n) is 11.0. The molecule has 0 bridgehead atoms. The van der Waals surface area contributed by atoms with Gasteiger partial charge in [0.25, 0.3) is 0 Å². The summed E-state index contributed by atoms with van der Waals surface area (Å²) >= 11 is 7.65. The standard InChI is InChI=1S/C15H14ClN3S/c1-19-9-8-17-15(19)14(13-3-2-10-20-13)18-12-6-4-11(16)5-7-12/h2-10,14,18H,1H3. The summed E-state index contributed by atoms with van der Waals surface area (Å²) in [7, 11) is 2.01. The second-order valence-electron chi connectivity index (χ2n) is 4.50. The predicted octanol–water partition coefficient (Wildman–Crippen LogP) is 4.34.